The van der Waals surface area contributed by atoms with Crippen molar-refractivity contribution in [2.24, 2.45) is 11.1 Å². The zero-order valence-electron chi connectivity index (χ0n) is 13.0. The molecule has 1 aliphatic rings. The van der Waals surface area contributed by atoms with E-state index in [1.165, 1.54) is 6.07 Å². The quantitative estimate of drug-likeness (QED) is 0.658. The molecule has 1 aliphatic heterocycles. The zero-order valence-corrected chi connectivity index (χ0v) is 13.0. The van der Waals surface area contributed by atoms with Crippen LogP contribution in [0.4, 0.5) is 11.4 Å². The largest absolute Gasteiger partial charge is 0.396 e. The van der Waals surface area contributed by atoms with E-state index in [0.29, 0.717) is 6.42 Å². The molecule has 21 heavy (non-hydrogen) atoms. The summed E-state index contributed by atoms with van der Waals surface area (Å²) < 4.78 is 0. The molecular formula is C15H23N3O3. The van der Waals surface area contributed by atoms with E-state index in [4.69, 9.17) is 5.73 Å². The molecule has 0 saturated heterocycles. The predicted molar refractivity (Wildman–Crippen MR) is 82.3 cm³/mol. The van der Waals surface area contributed by atoms with Crippen molar-refractivity contribution in [3.05, 3.63) is 33.9 Å². The smallest absolute Gasteiger partial charge is 0.269 e. The monoisotopic (exact) mass is 293 g/mol. The van der Waals surface area contributed by atoms with Gasteiger partial charge in [0.15, 0.2) is 0 Å². The number of benzene rings is 1. The molecule has 116 valence electrons. The number of anilines is 1. The van der Waals surface area contributed by atoms with Gasteiger partial charge >= 0.3 is 0 Å². The molecular weight excluding hydrogens is 270 g/mol. The highest BCUT2D eigenvalue weighted by Crippen LogP contribution is 2.49. The van der Waals surface area contributed by atoms with Crippen molar-refractivity contribution >= 4 is 11.4 Å². The molecule has 0 saturated carbocycles. The van der Waals surface area contributed by atoms with E-state index in [0.717, 1.165) is 11.3 Å². The van der Waals surface area contributed by atoms with Crippen molar-refractivity contribution < 1.29 is 10.0 Å². The van der Waals surface area contributed by atoms with Crippen molar-refractivity contribution in [1.82, 2.24) is 0 Å². The minimum absolute atomic E-state index is 0.0445. The lowest BCUT2D eigenvalue weighted by molar-refractivity contribution is -0.384. The first-order valence-corrected chi connectivity index (χ1v) is 7.02. The van der Waals surface area contributed by atoms with Crippen LogP contribution < -0.4 is 10.6 Å². The van der Waals surface area contributed by atoms with Gasteiger partial charge in [-0.15, -0.1) is 0 Å². The van der Waals surface area contributed by atoms with Crippen LogP contribution in [-0.4, -0.2) is 29.2 Å². The minimum atomic E-state index is -0.404. The van der Waals surface area contributed by atoms with Gasteiger partial charge in [-0.2, -0.15) is 0 Å². The predicted octanol–water partition coefficient (Wildman–Crippen LogP) is 2.21. The van der Waals surface area contributed by atoms with Crippen molar-refractivity contribution in [3.8, 4) is 0 Å². The van der Waals surface area contributed by atoms with E-state index in [-0.39, 0.29) is 29.3 Å². The molecule has 2 rings (SSSR count). The highest BCUT2D eigenvalue weighted by atomic mass is 16.6. The number of nitrogens with two attached hydrogens (primary N) is 1. The summed E-state index contributed by atoms with van der Waals surface area (Å²) in [4.78, 5) is 12.6. The number of hydrogen-bond acceptors (Lipinski definition) is 5. The van der Waals surface area contributed by atoms with Gasteiger partial charge in [0, 0.05) is 41.9 Å². The van der Waals surface area contributed by atoms with Crippen LogP contribution in [0, 0.1) is 15.5 Å². The minimum Gasteiger partial charge on any atom is -0.396 e. The summed E-state index contributed by atoms with van der Waals surface area (Å²) in [7, 11) is 1.95. The van der Waals surface area contributed by atoms with Gasteiger partial charge in [0.1, 0.15) is 0 Å². The first-order chi connectivity index (χ1) is 9.64. The molecule has 1 aromatic carbocycles. The molecule has 6 heteroatoms. The zero-order chi connectivity index (χ0) is 16.0. The highest BCUT2D eigenvalue weighted by Gasteiger charge is 2.48. The first kappa shape index (κ1) is 15.7. The molecule has 1 aromatic rings. The summed E-state index contributed by atoms with van der Waals surface area (Å²) in [5, 5.41) is 20.6. The third-order valence-electron chi connectivity index (χ3n) is 5.19. The Kier molecular flexibility index (Phi) is 3.71. The van der Waals surface area contributed by atoms with Crippen LogP contribution in [0.3, 0.4) is 0 Å². The van der Waals surface area contributed by atoms with Crippen LogP contribution >= 0.6 is 0 Å². The third-order valence-corrected chi connectivity index (χ3v) is 5.19. The second kappa shape index (κ2) is 4.96. The second-order valence-electron chi connectivity index (χ2n) is 6.69. The second-order valence-corrected chi connectivity index (χ2v) is 6.69. The van der Waals surface area contributed by atoms with Gasteiger partial charge in [0.05, 0.1) is 11.5 Å². The fraction of sp³-hybridized carbons (Fsp3) is 0.600. The van der Waals surface area contributed by atoms with Crippen LogP contribution in [-0.2, 0) is 0 Å². The van der Waals surface area contributed by atoms with Gasteiger partial charge in [0.2, 0.25) is 0 Å². The lowest BCUT2D eigenvalue weighted by atomic mass is 9.66. The molecule has 0 amide bonds. The first-order valence-electron chi connectivity index (χ1n) is 7.02. The maximum absolute atomic E-state index is 10.9. The van der Waals surface area contributed by atoms with Crippen molar-refractivity contribution in [2.75, 3.05) is 18.6 Å². The standard InChI is InChI=1S/C15H23N3O3/c1-14(2,9-19)15(3)8-12(16)11-7-10(18(20)21)5-6-13(11)17(15)4/h5-7,12,19H,8-9,16H2,1-4H3. The number of fused-ring (bicyclic) bond motifs is 1. The summed E-state index contributed by atoms with van der Waals surface area (Å²) in [6.07, 6.45) is 0.630. The number of nitro benzene ring substituents is 1. The molecule has 2 atom stereocenters. The molecule has 1 heterocycles. The topological polar surface area (TPSA) is 92.6 Å². The summed E-state index contributed by atoms with van der Waals surface area (Å²) in [6.45, 7) is 6.13. The molecule has 0 bridgehead atoms. The van der Waals surface area contributed by atoms with Crippen molar-refractivity contribution in [2.45, 2.75) is 38.8 Å². The normalized spacial score (nSPS) is 25.6. The fourth-order valence-electron chi connectivity index (χ4n) is 3.10. The number of aliphatic hydroxyl groups excluding tert-OH is 1. The Morgan fingerprint density at radius 3 is 2.71 bits per heavy atom. The van der Waals surface area contributed by atoms with Gasteiger partial charge in [-0.1, -0.05) is 13.8 Å². The average Bonchev–Trinajstić information content (AvgIpc) is 2.44. The molecule has 0 fully saturated rings. The van der Waals surface area contributed by atoms with E-state index in [1.54, 1.807) is 12.1 Å². The maximum atomic E-state index is 10.9. The summed E-state index contributed by atoms with van der Waals surface area (Å²) in [5.74, 6) is 0. The van der Waals surface area contributed by atoms with Gasteiger partial charge in [-0.25, -0.2) is 0 Å². The number of nitro groups is 1. The molecule has 0 aliphatic carbocycles. The number of nitrogens with zero attached hydrogens (tertiary/aromatic N) is 2. The molecule has 0 radical (unpaired) electrons. The Balaban J connectivity index is 2.54. The lowest BCUT2D eigenvalue weighted by Gasteiger charge is -2.55. The van der Waals surface area contributed by atoms with Crippen molar-refractivity contribution in [3.63, 3.8) is 0 Å². The van der Waals surface area contributed by atoms with Crippen LogP contribution in [0.5, 0.6) is 0 Å². The number of hydrogen-bond donors (Lipinski definition) is 2. The number of aliphatic hydroxyl groups is 1. The summed E-state index contributed by atoms with van der Waals surface area (Å²) >= 11 is 0. The Morgan fingerprint density at radius 1 is 1.57 bits per heavy atom. The van der Waals surface area contributed by atoms with Gasteiger partial charge < -0.3 is 15.7 Å². The average molecular weight is 293 g/mol. The lowest BCUT2D eigenvalue weighted by Crippen LogP contribution is -2.59. The summed E-state index contributed by atoms with van der Waals surface area (Å²) in [5.41, 5.74) is 7.34. The van der Waals surface area contributed by atoms with Crippen molar-refractivity contribution in [1.29, 1.82) is 0 Å². The molecule has 0 aromatic heterocycles. The van der Waals surface area contributed by atoms with Crippen LogP contribution in [0.15, 0.2) is 18.2 Å². The SMILES string of the molecule is CN1c2ccc([N+](=O)[O-])cc2C(N)CC1(C)C(C)(C)CO. The Hall–Kier alpha value is -1.66. The highest BCUT2D eigenvalue weighted by molar-refractivity contribution is 5.62. The van der Waals surface area contributed by atoms with Gasteiger partial charge in [-0.05, 0) is 25.0 Å². The van der Waals surface area contributed by atoms with E-state index in [9.17, 15) is 15.2 Å². The van der Waals surface area contributed by atoms with E-state index in [1.807, 2.05) is 20.9 Å². The van der Waals surface area contributed by atoms with Crippen LogP contribution in [0.2, 0.25) is 0 Å². The van der Waals surface area contributed by atoms with Crippen LogP contribution in [0.25, 0.3) is 0 Å². The molecule has 0 spiro atoms. The Labute approximate surface area is 124 Å². The molecule has 3 N–H and O–H groups in total. The molecule has 6 nitrogen and oxygen atoms in total. The van der Waals surface area contributed by atoms with Crippen LogP contribution in [0.1, 0.15) is 38.8 Å². The summed E-state index contributed by atoms with van der Waals surface area (Å²) in [6, 6.07) is 4.52. The Morgan fingerprint density at radius 2 is 2.19 bits per heavy atom. The maximum Gasteiger partial charge on any atom is 0.269 e. The van der Waals surface area contributed by atoms with E-state index < -0.39 is 4.92 Å². The molecule has 2 unspecified atom stereocenters. The van der Waals surface area contributed by atoms with Gasteiger partial charge in [0.25, 0.3) is 5.69 Å². The van der Waals surface area contributed by atoms with Gasteiger partial charge in [-0.3, -0.25) is 10.1 Å². The Bertz CT molecular complexity index is 573. The number of rotatable bonds is 3. The van der Waals surface area contributed by atoms with E-state index in [2.05, 4.69) is 11.8 Å². The third kappa shape index (κ3) is 2.28. The fourth-order valence-corrected chi connectivity index (χ4v) is 3.10. The van der Waals surface area contributed by atoms with E-state index >= 15 is 0 Å². The number of non-ortho nitro benzene ring substituents is 1.